The van der Waals surface area contributed by atoms with E-state index < -0.39 is 0 Å². The summed E-state index contributed by atoms with van der Waals surface area (Å²) in [7, 11) is 2.01. The molecule has 2 fully saturated rings. The molecule has 1 aliphatic carbocycles. The highest BCUT2D eigenvalue weighted by atomic mass is 16.2. The Balaban J connectivity index is 1.41. The fraction of sp³-hybridized carbons (Fsp3) is 0.419. The number of aromatic nitrogens is 2. The van der Waals surface area contributed by atoms with Gasteiger partial charge in [-0.25, -0.2) is 4.98 Å². The number of aromatic amines is 1. The number of H-pyrrole nitrogens is 1. The Morgan fingerprint density at radius 2 is 1.77 bits per heavy atom. The molecule has 0 spiro atoms. The van der Waals surface area contributed by atoms with Gasteiger partial charge in [0.05, 0.1) is 0 Å². The molecule has 9 nitrogen and oxygen atoms in total. The van der Waals surface area contributed by atoms with Crippen LogP contribution in [0.4, 0.5) is 11.5 Å². The van der Waals surface area contributed by atoms with Gasteiger partial charge in [-0.3, -0.25) is 14.4 Å². The lowest BCUT2D eigenvalue weighted by Crippen LogP contribution is -2.41. The van der Waals surface area contributed by atoms with E-state index in [-0.39, 0.29) is 29.8 Å². The molecule has 1 aliphatic heterocycles. The Bertz CT molecular complexity index is 1470. The number of pyridine rings is 2. The summed E-state index contributed by atoms with van der Waals surface area (Å²) in [6.45, 7) is 7.53. The van der Waals surface area contributed by atoms with Gasteiger partial charge in [-0.1, -0.05) is 0 Å². The number of hydrogen-bond acceptors (Lipinski definition) is 6. The summed E-state index contributed by atoms with van der Waals surface area (Å²) >= 11 is 0. The van der Waals surface area contributed by atoms with Gasteiger partial charge in [0, 0.05) is 65.9 Å². The molecule has 0 atom stereocenters. The maximum Gasteiger partial charge on any atom is 0.253 e. The maximum absolute atomic E-state index is 13.4. The molecule has 1 aromatic carbocycles. The lowest BCUT2D eigenvalue weighted by Gasteiger charge is -2.32. The van der Waals surface area contributed by atoms with E-state index >= 15 is 0 Å². The molecule has 0 bridgehead atoms. The SMILES string of the molecule is CNC1CCN(c2ccc(-c3cc(NC(=O)C4CC4)c(C)c(C(=O)NCc4c(C)cc(C)[nH]c4=O)c3)cn2)CC1. The van der Waals surface area contributed by atoms with E-state index in [1.807, 2.05) is 64.3 Å². The van der Waals surface area contributed by atoms with Crippen molar-refractivity contribution in [2.45, 2.75) is 59.0 Å². The molecule has 4 N–H and O–H groups in total. The lowest BCUT2D eigenvalue weighted by molar-refractivity contribution is -0.117. The maximum atomic E-state index is 13.4. The second-order valence-electron chi connectivity index (χ2n) is 11.0. The van der Waals surface area contributed by atoms with Gasteiger partial charge in [0.1, 0.15) is 5.82 Å². The zero-order valence-electron chi connectivity index (χ0n) is 23.7. The summed E-state index contributed by atoms with van der Waals surface area (Å²) in [5, 5.41) is 9.31. The smallest absolute Gasteiger partial charge is 0.253 e. The quantitative estimate of drug-likeness (QED) is 0.344. The number of amides is 2. The van der Waals surface area contributed by atoms with E-state index in [2.05, 4.69) is 25.8 Å². The van der Waals surface area contributed by atoms with Crippen molar-refractivity contribution in [1.82, 2.24) is 20.6 Å². The van der Waals surface area contributed by atoms with Crippen molar-refractivity contribution in [3.63, 3.8) is 0 Å². The van der Waals surface area contributed by atoms with Crippen molar-refractivity contribution in [1.29, 1.82) is 0 Å². The van der Waals surface area contributed by atoms with E-state index in [4.69, 9.17) is 4.98 Å². The van der Waals surface area contributed by atoms with Crippen LogP contribution in [0.5, 0.6) is 0 Å². The normalized spacial score (nSPS) is 15.7. The fourth-order valence-electron chi connectivity index (χ4n) is 5.33. The number of carbonyl (C=O) groups excluding carboxylic acids is 2. The van der Waals surface area contributed by atoms with Gasteiger partial charge < -0.3 is 25.8 Å². The van der Waals surface area contributed by atoms with Gasteiger partial charge in [-0.15, -0.1) is 0 Å². The number of rotatable bonds is 8. The van der Waals surface area contributed by atoms with Crippen molar-refractivity contribution < 1.29 is 9.59 Å². The first kappa shape index (κ1) is 27.6. The van der Waals surface area contributed by atoms with Gasteiger partial charge in [0.15, 0.2) is 0 Å². The van der Waals surface area contributed by atoms with Gasteiger partial charge >= 0.3 is 0 Å². The number of carbonyl (C=O) groups is 2. The molecule has 40 heavy (non-hydrogen) atoms. The summed E-state index contributed by atoms with van der Waals surface area (Å²) in [5.74, 6) is 0.637. The van der Waals surface area contributed by atoms with Gasteiger partial charge in [-0.2, -0.15) is 0 Å². The Morgan fingerprint density at radius 3 is 2.40 bits per heavy atom. The third-order valence-electron chi connectivity index (χ3n) is 8.09. The van der Waals surface area contributed by atoms with Gasteiger partial charge in [0.25, 0.3) is 11.5 Å². The first-order chi connectivity index (χ1) is 19.2. The number of aryl methyl sites for hydroxylation is 2. The third kappa shape index (κ3) is 6.09. The van der Waals surface area contributed by atoms with Crippen molar-refractivity contribution >= 4 is 23.3 Å². The summed E-state index contributed by atoms with van der Waals surface area (Å²) in [6, 6.07) is 10.2. The van der Waals surface area contributed by atoms with Crippen LogP contribution in [0.1, 0.15) is 58.4 Å². The average molecular weight is 543 g/mol. The average Bonchev–Trinajstić information content (AvgIpc) is 3.79. The Labute approximate surface area is 234 Å². The van der Waals surface area contributed by atoms with Crippen LogP contribution in [-0.2, 0) is 11.3 Å². The molecule has 5 rings (SSSR count). The predicted molar refractivity (Wildman–Crippen MR) is 158 cm³/mol. The number of anilines is 2. The first-order valence-corrected chi connectivity index (χ1v) is 14.0. The molecule has 2 aromatic heterocycles. The van der Waals surface area contributed by atoms with Crippen LogP contribution in [0.2, 0.25) is 0 Å². The highest BCUT2D eigenvalue weighted by Crippen LogP contribution is 2.33. The summed E-state index contributed by atoms with van der Waals surface area (Å²) < 4.78 is 0. The minimum atomic E-state index is -0.308. The Morgan fingerprint density at radius 1 is 1.02 bits per heavy atom. The van der Waals surface area contributed by atoms with Gasteiger partial charge in [-0.05, 0) is 101 Å². The first-order valence-electron chi connectivity index (χ1n) is 14.0. The Hall–Kier alpha value is -3.98. The molecule has 210 valence electrons. The van der Waals surface area contributed by atoms with E-state index in [1.54, 1.807) is 0 Å². The lowest BCUT2D eigenvalue weighted by atomic mass is 9.97. The number of hydrogen-bond donors (Lipinski definition) is 4. The number of piperidine rings is 1. The van der Waals surface area contributed by atoms with Crippen LogP contribution >= 0.6 is 0 Å². The minimum Gasteiger partial charge on any atom is -0.357 e. The largest absolute Gasteiger partial charge is 0.357 e. The second kappa shape index (κ2) is 11.6. The van der Waals surface area contributed by atoms with Crippen LogP contribution in [0.15, 0.2) is 41.3 Å². The minimum absolute atomic E-state index is 0.0214. The second-order valence-corrected chi connectivity index (χ2v) is 11.0. The standard InChI is InChI=1S/C31H38N6O3/c1-18-13-19(2)35-31(40)26(18)17-34-30(39)25-14-23(15-27(20(25)3)36-29(38)21-5-6-21)22-7-8-28(33-16-22)37-11-9-24(32-4)10-12-37/h7-8,13-16,21,24,32H,5-6,9-12,17H2,1-4H3,(H,34,39)(H,35,40)(H,36,38). The molecule has 0 unspecified atom stereocenters. The van der Waals surface area contributed by atoms with Crippen LogP contribution in [0, 0.1) is 26.7 Å². The molecule has 1 saturated heterocycles. The van der Waals surface area contributed by atoms with Crippen LogP contribution < -0.4 is 26.4 Å². The Kier molecular flexibility index (Phi) is 8.02. The zero-order valence-corrected chi connectivity index (χ0v) is 23.7. The molecule has 3 heterocycles. The summed E-state index contributed by atoms with van der Waals surface area (Å²) in [4.78, 5) is 48.4. The molecule has 2 amide bonds. The fourth-order valence-corrected chi connectivity index (χ4v) is 5.33. The van der Waals surface area contributed by atoms with Crippen LogP contribution in [-0.4, -0.2) is 48.0 Å². The summed E-state index contributed by atoms with van der Waals surface area (Å²) in [6.07, 6.45) is 5.76. The van der Waals surface area contributed by atoms with Crippen molar-refractivity contribution in [2.75, 3.05) is 30.4 Å². The molecule has 0 radical (unpaired) electrons. The molecule has 1 saturated carbocycles. The highest BCUT2D eigenvalue weighted by Gasteiger charge is 2.30. The topological polar surface area (TPSA) is 119 Å². The molecular weight excluding hydrogens is 504 g/mol. The van der Waals surface area contributed by atoms with Crippen LogP contribution in [0.25, 0.3) is 11.1 Å². The van der Waals surface area contributed by atoms with Crippen molar-refractivity contribution in [2.24, 2.45) is 5.92 Å². The van der Waals surface area contributed by atoms with E-state index in [0.29, 0.717) is 28.4 Å². The number of nitrogens with zero attached hydrogens (tertiary/aromatic N) is 2. The van der Waals surface area contributed by atoms with Crippen molar-refractivity contribution in [3.05, 3.63) is 74.8 Å². The van der Waals surface area contributed by atoms with Crippen LogP contribution in [0.3, 0.4) is 0 Å². The number of nitrogens with one attached hydrogen (secondary N) is 4. The predicted octanol–water partition coefficient (Wildman–Crippen LogP) is 3.83. The van der Waals surface area contributed by atoms with E-state index in [9.17, 15) is 14.4 Å². The highest BCUT2D eigenvalue weighted by molar-refractivity contribution is 6.02. The molecule has 2 aliphatic rings. The molecular formula is C31H38N6O3. The molecule has 9 heteroatoms. The zero-order chi connectivity index (χ0) is 28.4. The van der Waals surface area contributed by atoms with E-state index in [0.717, 1.165) is 67.0 Å². The van der Waals surface area contributed by atoms with E-state index in [1.165, 1.54) is 0 Å². The van der Waals surface area contributed by atoms with Crippen molar-refractivity contribution in [3.8, 4) is 11.1 Å². The van der Waals surface area contributed by atoms with Gasteiger partial charge in [0.2, 0.25) is 5.91 Å². The summed E-state index contributed by atoms with van der Waals surface area (Å²) in [5.41, 5.74) is 5.31. The third-order valence-corrected chi connectivity index (χ3v) is 8.09. The molecule has 3 aromatic rings. The monoisotopic (exact) mass is 542 g/mol. The number of benzene rings is 1.